The summed E-state index contributed by atoms with van der Waals surface area (Å²) in [5, 5.41) is 12.1. The third-order valence-electron chi connectivity index (χ3n) is 4.68. The van der Waals surface area contributed by atoms with Crippen molar-refractivity contribution in [1.82, 2.24) is 15.6 Å². The monoisotopic (exact) mass is 387 g/mol. The minimum atomic E-state index is -0.168. The number of benzene rings is 2. The van der Waals surface area contributed by atoms with Crippen molar-refractivity contribution in [1.29, 1.82) is 0 Å². The second-order valence-corrected chi connectivity index (χ2v) is 6.54. The molecule has 7 heteroatoms. The highest BCUT2D eigenvalue weighted by atomic mass is 16.5. The number of guanidine groups is 1. The molecule has 0 saturated heterocycles. The summed E-state index contributed by atoms with van der Waals surface area (Å²) < 4.78 is 5.23. The quantitative estimate of drug-likeness (QED) is 0.636. The number of ether oxygens (including phenoxy) is 1. The van der Waals surface area contributed by atoms with E-state index in [4.69, 9.17) is 4.74 Å². The number of hydrogen-bond acceptors (Lipinski definition) is 6. The van der Waals surface area contributed by atoms with E-state index < -0.39 is 0 Å². The van der Waals surface area contributed by atoms with Crippen LogP contribution in [0.15, 0.2) is 78.0 Å². The normalized spacial score (nSPS) is 15.4. The van der Waals surface area contributed by atoms with Gasteiger partial charge in [0, 0.05) is 12.6 Å². The predicted molar refractivity (Wildman–Crippen MR) is 112 cm³/mol. The Morgan fingerprint density at radius 1 is 1.10 bits per heavy atom. The van der Waals surface area contributed by atoms with Crippen molar-refractivity contribution in [3.8, 4) is 16.9 Å². The summed E-state index contributed by atoms with van der Waals surface area (Å²) in [4.78, 5) is 15.4. The van der Waals surface area contributed by atoms with Crippen molar-refractivity contribution in [3.05, 3.63) is 78.5 Å². The summed E-state index contributed by atoms with van der Waals surface area (Å²) in [6, 6.07) is 21.9. The van der Waals surface area contributed by atoms with Crippen LogP contribution in [0.25, 0.3) is 11.1 Å². The number of nitrogens with zero attached hydrogens (tertiary/aromatic N) is 3. The second-order valence-electron chi connectivity index (χ2n) is 6.54. The molecule has 1 aromatic heterocycles. The first-order valence-corrected chi connectivity index (χ1v) is 9.26. The second kappa shape index (κ2) is 8.43. The highest BCUT2D eigenvalue weighted by molar-refractivity contribution is 5.91. The van der Waals surface area contributed by atoms with E-state index in [1.54, 1.807) is 18.3 Å². The van der Waals surface area contributed by atoms with Crippen LogP contribution in [0.1, 0.15) is 5.56 Å². The molecule has 3 aromatic rings. The van der Waals surface area contributed by atoms with Gasteiger partial charge in [-0.2, -0.15) is 0 Å². The maximum atomic E-state index is 10.9. The van der Waals surface area contributed by atoms with Gasteiger partial charge in [-0.3, -0.25) is 10.1 Å². The van der Waals surface area contributed by atoms with Crippen LogP contribution in [-0.2, 0) is 11.2 Å². The number of nitrogens with one attached hydrogen (secondary N) is 2. The van der Waals surface area contributed by atoms with Crippen LogP contribution in [0.3, 0.4) is 0 Å². The summed E-state index contributed by atoms with van der Waals surface area (Å²) in [5.41, 5.74) is 3.23. The van der Waals surface area contributed by atoms with Crippen LogP contribution in [0, 0.1) is 0 Å². The lowest BCUT2D eigenvalue weighted by Crippen LogP contribution is -2.43. The van der Waals surface area contributed by atoms with Crippen molar-refractivity contribution < 1.29 is 9.53 Å². The minimum Gasteiger partial charge on any atom is -0.497 e. The van der Waals surface area contributed by atoms with E-state index in [9.17, 15) is 4.79 Å². The SMILES string of the molecule is COc1ccc(-c2ccnc(N3N=C(NC=O)NC3Cc3ccccc3)c2)cc1. The number of amides is 1. The number of hydrazone groups is 1. The number of methoxy groups -OCH3 is 1. The van der Waals surface area contributed by atoms with E-state index >= 15 is 0 Å². The van der Waals surface area contributed by atoms with Gasteiger partial charge in [0.15, 0.2) is 5.82 Å². The molecule has 0 bridgehead atoms. The number of hydrogen-bond donors (Lipinski definition) is 2. The van der Waals surface area contributed by atoms with E-state index in [1.165, 1.54) is 0 Å². The van der Waals surface area contributed by atoms with Gasteiger partial charge in [-0.1, -0.05) is 42.5 Å². The minimum absolute atomic E-state index is 0.168. The number of pyridine rings is 1. The Hall–Kier alpha value is -3.87. The highest BCUT2D eigenvalue weighted by Gasteiger charge is 2.28. The number of carbonyl (C=O) groups excluding carboxylic acids is 1. The molecule has 1 aliphatic heterocycles. The zero-order valence-corrected chi connectivity index (χ0v) is 15.9. The molecule has 1 aliphatic rings. The molecular formula is C22H21N5O2. The Balaban J connectivity index is 1.63. The molecule has 0 aliphatic carbocycles. The molecular weight excluding hydrogens is 366 g/mol. The lowest BCUT2D eigenvalue weighted by atomic mass is 10.1. The summed E-state index contributed by atoms with van der Waals surface area (Å²) in [6.07, 6.45) is 2.90. The molecule has 146 valence electrons. The van der Waals surface area contributed by atoms with Crippen LogP contribution in [0.5, 0.6) is 5.75 Å². The van der Waals surface area contributed by atoms with Gasteiger partial charge >= 0.3 is 0 Å². The first-order chi connectivity index (χ1) is 14.3. The number of anilines is 1. The van der Waals surface area contributed by atoms with E-state index in [1.807, 2.05) is 54.6 Å². The molecule has 0 spiro atoms. The summed E-state index contributed by atoms with van der Waals surface area (Å²) >= 11 is 0. The van der Waals surface area contributed by atoms with Crippen LogP contribution in [0.4, 0.5) is 5.82 Å². The van der Waals surface area contributed by atoms with Crippen LogP contribution < -0.4 is 20.4 Å². The average molecular weight is 387 g/mol. The van der Waals surface area contributed by atoms with Crippen LogP contribution in [-0.4, -0.2) is 30.6 Å². The Bertz CT molecular complexity index is 1010. The zero-order valence-electron chi connectivity index (χ0n) is 15.9. The number of aromatic nitrogens is 1. The largest absolute Gasteiger partial charge is 0.497 e. The van der Waals surface area contributed by atoms with E-state index in [-0.39, 0.29) is 6.17 Å². The Morgan fingerprint density at radius 3 is 2.62 bits per heavy atom. The van der Waals surface area contributed by atoms with Gasteiger partial charge in [-0.15, -0.1) is 5.10 Å². The van der Waals surface area contributed by atoms with Crippen molar-refractivity contribution in [3.63, 3.8) is 0 Å². The Kier molecular flexibility index (Phi) is 5.38. The summed E-state index contributed by atoms with van der Waals surface area (Å²) in [6.45, 7) is 0. The average Bonchev–Trinajstić information content (AvgIpc) is 3.17. The predicted octanol–water partition coefficient (Wildman–Crippen LogP) is 2.75. The fourth-order valence-electron chi connectivity index (χ4n) is 3.24. The molecule has 7 nitrogen and oxygen atoms in total. The molecule has 1 atom stereocenters. The smallest absolute Gasteiger partial charge is 0.222 e. The molecule has 1 unspecified atom stereocenters. The summed E-state index contributed by atoms with van der Waals surface area (Å²) in [5.74, 6) is 1.90. The van der Waals surface area contributed by atoms with Crippen molar-refractivity contribution in [2.24, 2.45) is 5.10 Å². The van der Waals surface area contributed by atoms with Crippen molar-refractivity contribution in [2.75, 3.05) is 12.1 Å². The molecule has 4 rings (SSSR count). The maximum absolute atomic E-state index is 10.9. The van der Waals surface area contributed by atoms with Gasteiger partial charge in [-0.25, -0.2) is 9.99 Å². The topological polar surface area (TPSA) is 78.8 Å². The standard InChI is InChI=1S/C22H21N5O2/c1-29-19-9-7-17(8-10-19)18-11-12-23-20(14-18)27-21(25-22(26-27)24-15-28)13-16-5-3-2-4-6-16/h2-12,14-15,21H,13H2,1H3,(H2,24,25,26,28). The molecule has 2 aromatic carbocycles. The Morgan fingerprint density at radius 2 is 1.90 bits per heavy atom. The van der Waals surface area contributed by atoms with Gasteiger partial charge in [-0.05, 0) is 41.0 Å². The van der Waals surface area contributed by atoms with Gasteiger partial charge in [0.25, 0.3) is 0 Å². The fourth-order valence-corrected chi connectivity index (χ4v) is 3.24. The first-order valence-electron chi connectivity index (χ1n) is 9.26. The van der Waals surface area contributed by atoms with E-state index in [2.05, 4.69) is 32.9 Å². The third kappa shape index (κ3) is 4.19. The Labute approximate surface area is 169 Å². The first kappa shape index (κ1) is 18.5. The molecule has 0 radical (unpaired) electrons. The lowest BCUT2D eigenvalue weighted by molar-refractivity contribution is -0.108. The van der Waals surface area contributed by atoms with E-state index in [0.29, 0.717) is 24.6 Å². The lowest BCUT2D eigenvalue weighted by Gasteiger charge is -2.22. The zero-order chi connectivity index (χ0) is 20.1. The van der Waals surface area contributed by atoms with Crippen LogP contribution in [0.2, 0.25) is 0 Å². The number of rotatable bonds is 6. The van der Waals surface area contributed by atoms with Gasteiger partial charge in [0.05, 0.1) is 7.11 Å². The summed E-state index contributed by atoms with van der Waals surface area (Å²) in [7, 11) is 1.65. The molecule has 0 saturated carbocycles. The molecule has 2 heterocycles. The molecule has 0 fully saturated rings. The maximum Gasteiger partial charge on any atom is 0.222 e. The van der Waals surface area contributed by atoms with Gasteiger partial charge in [0.2, 0.25) is 12.4 Å². The third-order valence-corrected chi connectivity index (χ3v) is 4.68. The van der Waals surface area contributed by atoms with E-state index in [0.717, 1.165) is 22.4 Å². The van der Waals surface area contributed by atoms with Gasteiger partial charge < -0.3 is 10.1 Å². The molecule has 1 amide bonds. The number of carbonyl (C=O) groups is 1. The van der Waals surface area contributed by atoms with Crippen molar-refractivity contribution >= 4 is 18.2 Å². The van der Waals surface area contributed by atoms with Crippen LogP contribution >= 0.6 is 0 Å². The fraction of sp³-hybridized carbons (Fsp3) is 0.136. The van der Waals surface area contributed by atoms with Gasteiger partial charge in [0.1, 0.15) is 11.9 Å². The molecule has 2 N–H and O–H groups in total. The molecule has 29 heavy (non-hydrogen) atoms. The van der Waals surface area contributed by atoms with Crippen molar-refractivity contribution in [2.45, 2.75) is 12.6 Å². The highest BCUT2D eigenvalue weighted by Crippen LogP contribution is 2.27.